The third-order valence-corrected chi connectivity index (χ3v) is 14.0. The van der Waals surface area contributed by atoms with Gasteiger partial charge in [0.05, 0.1) is 39.6 Å². The van der Waals surface area contributed by atoms with E-state index in [-0.39, 0.29) is 110 Å². The number of ether oxygens (including phenoxy) is 8. The normalized spacial score (nSPS) is 12.9. The Morgan fingerprint density at radius 1 is 0.456 bits per heavy atom. The summed E-state index contributed by atoms with van der Waals surface area (Å²) in [6, 6.07) is 19.8. The lowest BCUT2D eigenvalue weighted by Crippen LogP contribution is -2.53. The second-order valence-corrected chi connectivity index (χ2v) is 22.6. The first-order valence-corrected chi connectivity index (χ1v) is 31.4. The Kier molecular flexibility index (Phi) is 34.7. The number of esters is 4. The second-order valence-electron chi connectivity index (χ2n) is 22.6. The van der Waals surface area contributed by atoms with Crippen molar-refractivity contribution in [1.82, 2.24) is 31.9 Å². The quantitative estimate of drug-likeness (QED) is 0.0184. The molecule has 0 radical (unpaired) electrons. The first-order valence-electron chi connectivity index (χ1n) is 31.4. The number of nitrogens with one attached hydrogen (secondary N) is 6. The van der Waals surface area contributed by atoms with Crippen LogP contribution in [-0.4, -0.2) is 155 Å². The number of alkyl carbamates (subject to hydrolysis) is 2. The number of benzene rings is 3. The maximum Gasteiger partial charge on any atom is 0.408 e. The van der Waals surface area contributed by atoms with E-state index in [2.05, 4.69) is 44.0 Å². The zero-order chi connectivity index (χ0) is 65.5. The number of hydrogen-bond acceptors (Lipinski definition) is 18. The molecule has 0 saturated heterocycles. The van der Waals surface area contributed by atoms with Gasteiger partial charge < -0.3 is 69.8 Å². The molecule has 0 saturated carbocycles. The minimum atomic E-state index is -1.48. The number of carbonyl (C=O) groups excluding carboxylic acids is 10. The topological polar surface area (TPSA) is 317 Å². The molecule has 24 heteroatoms. The lowest BCUT2D eigenvalue weighted by Gasteiger charge is -2.23. The number of unbranched alkanes of at least 4 members (excludes halogenated alkanes) is 4. The van der Waals surface area contributed by atoms with Gasteiger partial charge in [-0.05, 0) is 106 Å². The predicted molar refractivity (Wildman–Crippen MR) is 332 cm³/mol. The number of rotatable bonds is 43. The third-order valence-electron chi connectivity index (χ3n) is 14.0. The minimum Gasteiger partial charge on any atom is -0.466 e. The van der Waals surface area contributed by atoms with Crippen molar-refractivity contribution in [2.45, 2.75) is 180 Å². The highest BCUT2D eigenvalue weighted by Gasteiger charge is 2.32. The van der Waals surface area contributed by atoms with Gasteiger partial charge in [0, 0.05) is 38.3 Å². The number of hydrogen-bond donors (Lipinski definition) is 6. The van der Waals surface area contributed by atoms with Crippen molar-refractivity contribution in [3.05, 3.63) is 95.6 Å². The summed E-state index contributed by atoms with van der Waals surface area (Å²) in [7, 11) is 0. The maximum atomic E-state index is 14.1. The number of carbonyl (C=O) groups is 10. The van der Waals surface area contributed by atoms with Crippen molar-refractivity contribution in [3.8, 4) is 11.1 Å². The second kappa shape index (κ2) is 42.0. The van der Waals surface area contributed by atoms with E-state index in [0.29, 0.717) is 37.7 Å². The SMILES string of the molecule is CCCCOC(=O)CCC(NC(=O)CCC(NC(=O)COCCOCCNC(=O)C(CCCCNC(=O)OCC1c2ccccc2-c2ccccc21)NC(=O)OC(C)(C)C)C(=O)NC(CCC(=O)OCCCC)C(=O)OCc1ccccc1)C(=O)OCCCC. The summed E-state index contributed by atoms with van der Waals surface area (Å²) >= 11 is 0. The standard InChI is InChI=1S/C66H94N6O18/c1-7-10-37-85-58(75)33-30-54(62(79)87-39-12-9-3)70-56(73)32-29-53(61(78)71-55(31-34-59(76)86-38-11-8-2)63(80)88-43-46-22-14-13-15-23-46)69-57(74)45-84-42-41-83-40-36-67-60(77)52(72-65(82)90-66(4,5)6)28-20-21-35-68-64(81)89-44-51-49-26-18-16-24-47(49)48-25-17-19-27-50(48)51/h13-19,22-27,51-55H,7-12,20-21,28-45H2,1-6H3,(H,67,77)(H,68,81)(H,69,74)(H,70,73)(H,71,78)(H,72,82). The van der Waals surface area contributed by atoms with Crippen molar-refractivity contribution in [1.29, 1.82) is 0 Å². The highest BCUT2D eigenvalue weighted by Crippen LogP contribution is 2.44. The minimum absolute atomic E-state index is 0.0145. The fourth-order valence-electron chi connectivity index (χ4n) is 9.18. The number of amides is 6. The van der Waals surface area contributed by atoms with Crippen LogP contribution in [0.5, 0.6) is 0 Å². The first-order chi connectivity index (χ1) is 43.3. The molecule has 496 valence electrons. The molecule has 0 spiro atoms. The van der Waals surface area contributed by atoms with Crippen molar-refractivity contribution in [2.24, 2.45) is 0 Å². The molecule has 90 heavy (non-hydrogen) atoms. The van der Waals surface area contributed by atoms with Crippen LogP contribution in [0.4, 0.5) is 9.59 Å². The van der Waals surface area contributed by atoms with Gasteiger partial charge in [-0.15, -0.1) is 0 Å². The highest BCUT2D eigenvalue weighted by molar-refractivity contribution is 5.92. The average molecular weight is 1260 g/mol. The molecule has 4 unspecified atom stereocenters. The summed E-state index contributed by atoms with van der Waals surface area (Å²) < 4.78 is 43.6. The van der Waals surface area contributed by atoms with E-state index in [9.17, 15) is 47.9 Å². The molecular weight excluding hydrogens is 1160 g/mol. The summed E-state index contributed by atoms with van der Waals surface area (Å²) in [5, 5.41) is 15.9. The van der Waals surface area contributed by atoms with Crippen molar-refractivity contribution < 1.29 is 85.8 Å². The van der Waals surface area contributed by atoms with Gasteiger partial charge in [0.1, 0.15) is 49.6 Å². The first kappa shape index (κ1) is 74.3. The zero-order valence-electron chi connectivity index (χ0n) is 53.1. The molecule has 0 aromatic heterocycles. The fourth-order valence-corrected chi connectivity index (χ4v) is 9.18. The summed E-state index contributed by atoms with van der Waals surface area (Å²) in [6.45, 7) is 10.9. The monoisotopic (exact) mass is 1260 g/mol. The predicted octanol–water partition coefficient (Wildman–Crippen LogP) is 7.31. The van der Waals surface area contributed by atoms with Crippen molar-refractivity contribution in [3.63, 3.8) is 0 Å². The lowest BCUT2D eigenvalue weighted by atomic mass is 9.98. The summed E-state index contributed by atoms with van der Waals surface area (Å²) in [6.07, 6.45) is 2.35. The maximum absolute atomic E-state index is 14.1. The molecule has 3 aromatic carbocycles. The van der Waals surface area contributed by atoms with Gasteiger partial charge in [-0.1, -0.05) is 119 Å². The van der Waals surface area contributed by atoms with E-state index in [1.54, 1.807) is 51.1 Å². The Labute approximate surface area is 528 Å². The Balaban J connectivity index is 1.30. The van der Waals surface area contributed by atoms with E-state index >= 15 is 0 Å². The molecular formula is C66H94N6O18. The van der Waals surface area contributed by atoms with Gasteiger partial charge in [0.25, 0.3) is 0 Å². The smallest absolute Gasteiger partial charge is 0.408 e. The van der Waals surface area contributed by atoms with Crippen molar-refractivity contribution in [2.75, 3.05) is 65.9 Å². The Bertz CT molecular complexity index is 2690. The van der Waals surface area contributed by atoms with Crippen LogP contribution in [0.15, 0.2) is 78.9 Å². The van der Waals surface area contributed by atoms with Crippen LogP contribution in [0.2, 0.25) is 0 Å². The molecule has 24 nitrogen and oxygen atoms in total. The van der Waals surface area contributed by atoms with Crippen molar-refractivity contribution >= 4 is 59.7 Å². The summed E-state index contributed by atoms with van der Waals surface area (Å²) in [5.41, 5.74) is 4.27. The molecule has 0 heterocycles. The fraction of sp³-hybridized carbons (Fsp3) is 0.576. The Morgan fingerprint density at radius 3 is 1.60 bits per heavy atom. The molecule has 1 aliphatic carbocycles. The molecule has 0 bridgehead atoms. The van der Waals surface area contributed by atoms with Crippen LogP contribution in [0.1, 0.15) is 160 Å². The largest absolute Gasteiger partial charge is 0.466 e. The molecule has 3 aromatic rings. The molecule has 0 fully saturated rings. The molecule has 1 aliphatic rings. The van der Waals surface area contributed by atoms with E-state index in [0.717, 1.165) is 41.5 Å². The third kappa shape index (κ3) is 29.5. The summed E-state index contributed by atoms with van der Waals surface area (Å²) in [4.78, 5) is 132. The van der Waals surface area contributed by atoms with Crippen LogP contribution < -0.4 is 31.9 Å². The van der Waals surface area contributed by atoms with E-state index in [1.807, 2.05) is 57.2 Å². The lowest BCUT2D eigenvalue weighted by molar-refractivity contribution is -0.151. The van der Waals surface area contributed by atoms with Gasteiger partial charge in [-0.3, -0.25) is 28.8 Å². The highest BCUT2D eigenvalue weighted by atomic mass is 16.6. The average Bonchev–Trinajstić information content (AvgIpc) is 1.66. The van der Waals surface area contributed by atoms with E-state index < -0.39 is 102 Å². The van der Waals surface area contributed by atoms with Gasteiger partial charge in [-0.2, -0.15) is 0 Å². The van der Waals surface area contributed by atoms with Gasteiger partial charge >= 0.3 is 36.1 Å². The van der Waals surface area contributed by atoms with Crippen LogP contribution in [0, 0.1) is 0 Å². The molecule has 6 amide bonds. The number of fused-ring (bicyclic) bond motifs is 3. The Hall–Kier alpha value is -8.12. The van der Waals surface area contributed by atoms with E-state index in [1.165, 1.54) is 0 Å². The zero-order valence-corrected chi connectivity index (χ0v) is 53.1. The van der Waals surface area contributed by atoms with Crippen LogP contribution >= 0.6 is 0 Å². The molecule has 0 aliphatic heterocycles. The van der Waals surface area contributed by atoms with Gasteiger partial charge in [-0.25, -0.2) is 19.2 Å². The van der Waals surface area contributed by atoms with Crippen LogP contribution in [-0.2, 0) is 82.9 Å². The van der Waals surface area contributed by atoms with E-state index in [4.69, 9.17) is 37.9 Å². The summed E-state index contributed by atoms with van der Waals surface area (Å²) in [5.74, 6) is -5.80. The molecule has 4 atom stereocenters. The van der Waals surface area contributed by atoms with Gasteiger partial charge in [0.15, 0.2) is 0 Å². The molecule has 4 rings (SSSR count). The van der Waals surface area contributed by atoms with Crippen LogP contribution in [0.3, 0.4) is 0 Å². The Morgan fingerprint density at radius 2 is 0.989 bits per heavy atom. The van der Waals surface area contributed by atoms with Crippen LogP contribution in [0.25, 0.3) is 11.1 Å². The van der Waals surface area contributed by atoms with Gasteiger partial charge in [0.2, 0.25) is 23.6 Å². The molecule has 6 N–H and O–H groups in total.